The Morgan fingerprint density at radius 3 is 2.73 bits per heavy atom. The standard InChI is InChI=1S/C8H12N6O/c9-4-11-3-8(15)14-2-1-13(7-14)6-12-5-10/h1-2,8,11-12,15H,3,6-7H2. The number of nitriles is 2. The van der Waals surface area contributed by atoms with Crippen molar-refractivity contribution in [2.24, 2.45) is 0 Å². The van der Waals surface area contributed by atoms with Crippen molar-refractivity contribution in [3.63, 3.8) is 0 Å². The second kappa shape index (κ2) is 5.58. The van der Waals surface area contributed by atoms with E-state index < -0.39 is 6.23 Å². The number of aliphatic hydroxyl groups is 1. The Morgan fingerprint density at radius 2 is 2.07 bits per heavy atom. The molecule has 7 heteroatoms. The molecule has 3 N–H and O–H groups in total. The predicted octanol–water partition coefficient (Wildman–Crippen LogP) is -1.55. The third kappa shape index (κ3) is 3.25. The van der Waals surface area contributed by atoms with E-state index in [2.05, 4.69) is 10.6 Å². The van der Waals surface area contributed by atoms with Crippen LogP contribution in [-0.4, -0.2) is 41.0 Å². The molecule has 0 bridgehead atoms. The summed E-state index contributed by atoms with van der Waals surface area (Å²) >= 11 is 0. The average molecular weight is 208 g/mol. The zero-order chi connectivity index (χ0) is 11.1. The van der Waals surface area contributed by atoms with Crippen LogP contribution in [0.2, 0.25) is 0 Å². The lowest BCUT2D eigenvalue weighted by atomic mass is 10.5. The normalized spacial score (nSPS) is 15.7. The second-order valence-corrected chi connectivity index (χ2v) is 2.96. The molecule has 0 saturated heterocycles. The number of nitrogens with zero attached hydrogens (tertiary/aromatic N) is 4. The summed E-state index contributed by atoms with van der Waals surface area (Å²) in [7, 11) is 0. The van der Waals surface area contributed by atoms with Crippen molar-refractivity contribution < 1.29 is 5.11 Å². The van der Waals surface area contributed by atoms with Gasteiger partial charge in [0.2, 0.25) is 0 Å². The van der Waals surface area contributed by atoms with Gasteiger partial charge < -0.3 is 25.5 Å². The first-order valence-electron chi connectivity index (χ1n) is 4.38. The summed E-state index contributed by atoms with van der Waals surface area (Å²) in [5.41, 5.74) is 0. The van der Waals surface area contributed by atoms with Gasteiger partial charge in [0.1, 0.15) is 6.23 Å². The van der Waals surface area contributed by atoms with Gasteiger partial charge in [0.05, 0.1) is 19.9 Å². The van der Waals surface area contributed by atoms with Gasteiger partial charge in [0.25, 0.3) is 0 Å². The van der Waals surface area contributed by atoms with Gasteiger partial charge in [-0.1, -0.05) is 0 Å². The Hall–Kier alpha value is -2.12. The first kappa shape index (κ1) is 11.0. The highest BCUT2D eigenvalue weighted by atomic mass is 16.3. The van der Waals surface area contributed by atoms with Crippen LogP contribution in [0.15, 0.2) is 12.4 Å². The largest absolute Gasteiger partial charge is 0.372 e. The fraction of sp³-hybridized carbons (Fsp3) is 0.500. The predicted molar refractivity (Wildman–Crippen MR) is 50.9 cm³/mol. The van der Waals surface area contributed by atoms with Crippen molar-refractivity contribution >= 4 is 0 Å². The molecular formula is C8H12N6O. The highest BCUT2D eigenvalue weighted by Crippen LogP contribution is 2.07. The molecule has 0 aromatic rings. The van der Waals surface area contributed by atoms with Gasteiger partial charge >= 0.3 is 0 Å². The molecule has 1 aliphatic heterocycles. The van der Waals surface area contributed by atoms with Gasteiger partial charge in [0.15, 0.2) is 12.4 Å². The molecule has 0 aliphatic carbocycles. The van der Waals surface area contributed by atoms with E-state index in [0.717, 1.165) is 0 Å². The number of hydrogen-bond donors (Lipinski definition) is 3. The van der Waals surface area contributed by atoms with Gasteiger partial charge in [-0.25, -0.2) is 0 Å². The molecule has 0 spiro atoms. The zero-order valence-electron chi connectivity index (χ0n) is 8.09. The lowest BCUT2D eigenvalue weighted by Crippen LogP contribution is -2.40. The molecule has 1 rings (SSSR count). The van der Waals surface area contributed by atoms with E-state index >= 15 is 0 Å². The summed E-state index contributed by atoms with van der Waals surface area (Å²) in [5.74, 6) is 0. The van der Waals surface area contributed by atoms with Crippen LogP contribution in [0.5, 0.6) is 0 Å². The molecule has 0 saturated carbocycles. The molecule has 80 valence electrons. The highest BCUT2D eigenvalue weighted by molar-refractivity contribution is 4.92. The Balaban J connectivity index is 2.28. The number of nitrogens with one attached hydrogen (secondary N) is 2. The van der Waals surface area contributed by atoms with Crippen LogP contribution in [-0.2, 0) is 0 Å². The molecule has 0 aromatic heterocycles. The highest BCUT2D eigenvalue weighted by Gasteiger charge is 2.18. The monoisotopic (exact) mass is 208 g/mol. The number of rotatable bonds is 5. The molecule has 0 fully saturated rings. The van der Waals surface area contributed by atoms with Crippen molar-refractivity contribution in [3.8, 4) is 12.4 Å². The van der Waals surface area contributed by atoms with Crippen LogP contribution in [0.1, 0.15) is 0 Å². The van der Waals surface area contributed by atoms with Gasteiger partial charge in [-0.3, -0.25) is 0 Å². The smallest absolute Gasteiger partial charge is 0.178 e. The van der Waals surface area contributed by atoms with Crippen molar-refractivity contribution in [2.45, 2.75) is 6.23 Å². The first-order chi connectivity index (χ1) is 7.27. The van der Waals surface area contributed by atoms with E-state index in [4.69, 9.17) is 10.5 Å². The Bertz CT molecular complexity index is 303. The van der Waals surface area contributed by atoms with Crippen LogP contribution in [0.4, 0.5) is 0 Å². The lowest BCUT2D eigenvalue weighted by molar-refractivity contribution is 0.0286. The van der Waals surface area contributed by atoms with Crippen LogP contribution in [0, 0.1) is 22.9 Å². The lowest BCUT2D eigenvalue weighted by Gasteiger charge is -2.24. The molecule has 0 radical (unpaired) electrons. The van der Waals surface area contributed by atoms with Crippen molar-refractivity contribution in [3.05, 3.63) is 12.4 Å². The van der Waals surface area contributed by atoms with Crippen molar-refractivity contribution in [1.29, 1.82) is 10.5 Å². The second-order valence-electron chi connectivity index (χ2n) is 2.96. The van der Waals surface area contributed by atoms with E-state index in [1.165, 1.54) is 0 Å². The molecule has 1 atom stereocenters. The van der Waals surface area contributed by atoms with Gasteiger partial charge in [-0.2, -0.15) is 10.5 Å². The maximum atomic E-state index is 9.57. The third-order valence-corrected chi connectivity index (χ3v) is 1.92. The van der Waals surface area contributed by atoms with Crippen LogP contribution in [0.3, 0.4) is 0 Å². The first-order valence-corrected chi connectivity index (χ1v) is 4.38. The van der Waals surface area contributed by atoms with Crippen LogP contribution < -0.4 is 10.6 Å². The minimum absolute atomic E-state index is 0.181. The minimum Gasteiger partial charge on any atom is -0.372 e. The summed E-state index contributed by atoms with van der Waals surface area (Å²) in [6.07, 6.45) is 6.28. The topological polar surface area (TPSA) is 98.3 Å². The van der Waals surface area contributed by atoms with Crippen molar-refractivity contribution in [2.75, 3.05) is 19.9 Å². The van der Waals surface area contributed by atoms with Gasteiger partial charge in [-0.05, 0) is 0 Å². The summed E-state index contributed by atoms with van der Waals surface area (Å²) in [6.45, 7) is 1.07. The molecule has 0 aromatic carbocycles. The molecule has 7 nitrogen and oxygen atoms in total. The Kier molecular flexibility index (Phi) is 4.07. The summed E-state index contributed by atoms with van der Waals surface area (Å²) in [4.78, 5) is 3.47. The summed E-state index contributed by atoms with van der Waals surface area (Å²) in [5, 5.41) is 31.0. The number of hydrogen-bond acceptors (Lipinski definition) is 7. The Labute approximate surface area is 87.8 Å². The Morgan fingerprint density at radius 1 is 1.33 bits per heavy atom. The third-order valence-electron chi connectivity index (χ3n) is 1.92. The molecule has 0 amide bonds. The van der Waals surface area contributed by atoms with E-state index in [1.54, 1.807) is 23.5 Å². The van der Waals surface area contributed by atoms with Crippen LogP contribution >= 0.6 is 0 Å². The van der Waals surface area contributed by atoms with E-state index in [9.17, 15) is 5.11 Å². The zero-order valence-corrected chi connectivity index (χ0v) is 8.09. The molecule has 1 unspecified atom stereocenters. The maximum absolute atomic E-state index is 9.57. The quantitative estimate of drug-likeness (QED) is 0.371. The van der Waals surface area contributed by atoms with Crippen molar-refractivity contribution in [1.82, 2.24) is 20.4 Å². The SMILES string of the molecule is N#CNCC(O)N1C=CN(CNC#N)C1. The van der Waals surface area contributed by atoms with E-state index in [-0.39, 0.29) is 6.54 Å². The fourth-order valence-electron chi connectivity index (χ4n) is 1.17. The number of aliphatic hydroxyl groups excluding tert-OH is 1. The molecule has 1 aliphatic rings. The minimum atomic E-state index is -0.743. The summed E-state index contributed by atoms with van der Waals surface area (Å²) < 4.78 is 0. The molecular weight excluding hydrogens is 196 g/mol. The maximum Gasteiger partial charge on any atom is 0.178 e. The van der Waals surface area contributed by atoms with E-state index in [1.807, 2.05) is 11.1 Å². The molecule has 15 heavy (non-hydrogen) atoms. The van der Waals surface area contributed by atoms with E-state index in [0.29, 0.717) is 13.3 Å². The van der Waals surface area contributed by atoms with Gasteiger partial charge in [-0.15, -0.1) is 0 Å². The van der Waals surface area contributed by atoms with Crippen LogP contribution in [0.25, 0.3) is 0 Å². The average Bonchev–Trinajstić information content (AvgIpc) is 2.71. The fourth-order valence-corrected chi connectivity index (χ4v) is 1.17. The summed E-state index contributed by atoms with van der Waals surface area (Å²) in [6, 6.07) is 0. The van der Waals surface area contributed by atoms with Gasteiger partial charge in [0, 0.05) is 12.4 Å². The molecule has 1 heterocycles.